The number of fused-ring (bicyclic) bond motifs is 2. The summed E-state index contributed by atoms with van der Waals surface area (Å²) >= 11 is 0. The molecule has 0 spiro atoms. The van der Waals surface area contributed by atoms with Gasteiger partial charge in [-0.1, -0.05) is 12.5 Å². The molecule has 0 amide bonds. The molecule has 0 radical (unpaired) electrons. The van der Waals surface area contributed by atoms with Gasteiger partial charge in [0.2, 0.25) is 6.10 Å². The van der Waals surface area contributed by atoms with E-state index in [-0.39, 0.29) is 42.6 Å². The van der Waals surface area contributed by atoms with Crippen molar-refractivity contribution in [2.45, 2.75) is 71.8 Å². The summed E-state index contributed by atoms with van der Waals surface area (Å²) in [6.45, 7) is 9.04. The molecule has 3 aromatic rings. The molecule has 1 aliphatic heterocycles. The Morgan fingerprint density at radius 2 is 1.73 bits per heavy atom. The van der Waals surface area contributed by atoms with Crippen LogP contribution < -0.4 is 34.1 Å². The minimum absolute atomic E-state index is 0.0805. The largest absolute Gasteiger partial charge is 0.506 e. The highest BCUT2D eigenvalue weighted by atomic mass is 35.7. The maximum absolute atomic E-state index is 13.3. The van der Waals surface area contributed by atoms with E-state index in [2.05, 4.69) is 9.80 Å². The van der Waals surface area contributed by atoms with Crippen LogP contribution in [0.3, 0.4) is 0 Å². The first-order chi connectivity index (χ1) is 22.9. The molecule has 1 unspecified atom stereocenters. The van der Waals surface area contributed by atoms with Crippen molar-refractivity contribution in [3.05, 3.63) is 74.9 Å². The molecule has 2 aromatic carbocycles. The van der Waals surface area contributed by atoms with Gasteiger partial charge in [-0.2, -0.15) is 14.0 Å². The summed E-state index contributed by atoms with van der Waals surface area (Å²) < 4.78 is 51.7. The fourth-order valence-corrected chi connectivity index (χ4v) is 6.88. The highest BCUT2D eigenvalue weighted by molar-refractivity contribution is 5.89. The van der Waals surface area contributed by atoms with Crippen LogP contribution in [-0.4, -0.2) is 48.5 Å². The number of carbonyl (C=O) groups is 1. The minimum atomic E-state index is -4.70. The number of aliphatic carboxylic acids is 1. The van der Waals surface area contributed by atoms with Crippen molar-refractivity contribution >= 4 is 34.4 Å². The van der Waals surface area contributed by atoms with Crippen LogP contribution in [0.4, 0.5) is 11.4 Å². The summed E-state index contributed by atoms with van der Waals surface area (Å²) in [7, 11) is -4.70. The summed E-state index contributed by atoms with van der Waals surface area (Å²) in [6, 6.07) is 11.0. The number of anilines is 2. The molecular weight excluding hydrogens is 644 g/mol. The number of benzene rings is 2. The first-order valence-electron chi connectivity index (χ1n) is 16.3. The number of carboxylic acid groups (broad SMARTS) is 1. The SMILES string of the molecule is CCN(CC)c1ccc2c(c1)OC1=C(C2)C(O[Cl+3]([O-])([O-])[O-])CCC1=Cc1c(O)c2ccc(N(CC)CCCCCC(=O)O)cc2oc1=O. The monoisotopic (exact) mass is 684 g/mol. The third-order valence-electron chi connectivity index (χ3n) is 8.92. The lowest BCUT2D eigenvalue weighted by molar-refractivity contribution is -1.92. The third kappa shape index (κ3) is 7.96. The van der Waals surface area contributed by atoms with Crippen molar-refractivity contribution in [2.24, 2.45) is 0 Å². The number of halogens is 1. The first-order valence-corrected chi connectivity index (χ1v) is 17.5. The van der Waals surface area contributed by atoms with Gasteiger partial charge in [0.05, 0.1) is 19.9 Å². The minimum Gasteiger partial charge on any atom is -0.506 e. The average molecular weight is 685 g/mol. The molecule has 1 aliphatic carbocycles. The van der Waals surface area contributed by atoms with E-state index >= 15 is 0 Å². The Morgan fingerprint density at radius 3 is 2.42 bits per heavy atom. The number of hydrogen-bond acceptors (Lipinski definition) is 11. The van der Waals surface area contributed by atoms with Gasteiger partial charge in [-0.3, -0.25) is 4.79 Å². The van der Waals surface area contributed by atoms with Crippen LogP contribution in [-0.2, 0) is 15.5 Å². The van der Waals surface area contributed by atoms with Crippen LogP contribution >= 0.6 is 0 Å². The summed E-state index contributed by atoms with van der Waals surface area (Å²) in [5.41, 5.74) is 2.91. The Balaban J connectivity index is 1.48. The maximum atomic E-state index is 13.3. The number of hydrogen-bond donors (Lipinski definition) is 2. The van der Waals surface area contributed by atoms with Crippen molar-refractivity contribution in [2.75, 3.05) is 36.0 Å². The van der Waals surface area contributed by atoms with E-state index in [0.717, 1.165) is 42.9 Å². The Morgan fingerprint density at radius 1 is 1.02 bits per heavy atom. The number of nitrogens with zero attached hydrogens (tertiary/aromatic N) is 2. The lowest BCUT2D eigenvalue weighted by atomic mass is 9.84. The molecule has 5 rings (SSSR count). The van der Waals surface area contributed by atoms with Gasteiger partial charge in [0.25, 0.3) is 0 Å². The van der Waals surface area contributed by atoms with E-state index < -0.39 is 27.9 Å². The molecule has 48 heavy (non-hydrogen) atoms. The summed E-state index contributed by atoms with van der Waals surface area (Å²) in [4.78, 5) is 28.4. The van der Waals surface area contributed by atoms with Crippen molar-refractivity contribution in [3.63, 3.8) is 0 Å². The number of ether oxygens (including phenoxy) is 1. The van der Waals surface area contributed by atoms with E-state index in [4.69, 9.17) is 18.5 Å². The maximum Gasteiger partial charge on any atom is 0.347 e. The van der Waals surface area contributed by atoms with Crippen molar-refractivity contribution < 1.29 is 52.7 Å². The molecule has 2 N–H and O–H groups in total. The number of rotatable bonds is 14. The lowest BCUT2D eigenvalue weighted by Gasteiger charge is -2.32. The van der Waals surface area contributed by atoms with E-state index in [1.54, 1.807) is 12.1 Å². The molecular formula is C35H41ClN2O10. The summed E-state index contributed by atoms with van der Waals surface area (Å²) in [6.07, 6.45) is 3.37. The standard InChI is InChI=1S/C35H41ClN2O10/c1-4-37(5-2)24-13-11-22-18-27-29(48-36(43,44)45)16-12-23(34(27)46-30(22)20-24)19-28-33(41)26-15-14-25(21-31(26)47-35(28)42)38(6-3)17-9-7-8-10-32(39)40/h11,13-15,19-21,29,41H,4-10,12,16-18H2,1-3H3,(H,39,40). The van der Waals surface area contributed by atoms with Crippen LogP contribution in [0.1, 0.15) is 70.4 Å². The second-order valence-electron chi connectivity index (χ2n) is 11.9. The molecule has 0 fully saturated rings. The fourth-order valence-electron chi connectivity index (χ4n) is 6.42. The van der Waals surface area contributed by atoms with Gasteiger partial charge in [-0.15, -0.1) is 0 Å². The van der Waals surface area contributed by atoms with E-state index in [1.165, 1.54) is 6.08 Å². The fraction of sp³-hybridized carbons (Fsp3) is 0.429. The second-order valence-corrected chi connectivity index (χ2v) is 12.8. The molecule has 0 bridgehead atoms. The van der Waals surface area contributed by atoms with E-state index in [1.807, 2.05) is 45.0 Å². The Kier molecular flexibility index (Phi) is 11.0. The molecule has 12 nitrogen and oxygen atoms in total. The zero-order valence-electron chi connectivity index (χ0n) is 27.3. The topological polar surface area (TPSA) is 182 Å². The summed E-state index contributed by atoms with van der Waals surface area (Å²) in [5.74, 6) is -0.211. The zero-order chi connectivity index (χ0) is 34.6. The molecule has 1 atom stereocenters. The van der Waals surface area contributed by atoms with Crippen LogP contribution in [0.2, 0.25) is 0 Å². The van der Waals surface area contributed by atoms with Gasteiger partial charge >= 0.3 is 11.6 Å². The Labute approximate surface area is 280 Å². The van der Waals surface area contributed by atoms with Gasteiger partial charge in [0.15, 0.2) is 0 Å². The van der Waals surface area contributed by atoms with Crippen LogP contribution in [0.5, 0.6) is 11.5 Å². The van der Waals surface area contributed by atoms with Gasteiger partial charge in [0.1, 0.15) is 28.4 Å². The second kappa shape index (κ2) is 15.0. The predicted octanol–water partition coefficient (Wildman–Crippen LogP) is 3.17. The van der Waals surface area contributed by atoms with Crippen LogP contribution in [0.15, 0.2) is 62.5 Å². The number of aromatic hydroxyl groups is 1. The van der Waals surface area contributed by atoms with Crippen molar-refractivity contribution in [1.82, 2.24) is 0 Å². The van der Waals surface area contributed by atoms with Crippen molar-refractivity contribution in [1.29, 1.82) is 0 Å². The van der Waals surface area contributed by atoms with E-state index in [9.17, 15) is 28.7 Å². The van der Waals surface area contributed by atoms with Gasteiger partial charge in [0, 0.05) is 68.1 Å². The first kappa shape index (κ1) is 35.2. The molecule has 0 saturated carbocycles. The molecule has 13 heteroatoms. The molecule has 1 aromatic heterocycles. The number of unbranched alkanes of at least 4 members (excludes halogenated alkanes) is 2. The predicted molar refractivity (Wildman–Crippen MR) is 172 cm³/mol. The quantitative estimate of drug-likeness (QED) is 0.187. The normalized spacial score (nSPS) is 16.9. The van der Waals surface area contributed by atoms with Crippen molar-refractivity contribution in [3.8, 4) is 11.5 Å². The van der Waals surface area contributed by atoms with Gasteiger partial charge in [-0.05, 0) is 81.9 Å². The lowest BCUT2D eigenvalue weighted by Crippen LogP contribution is -2.62. The highest BCUT2D eigenvalue weighted by Gasteiger charge is 2.41. The molecule has 2 heterocycles. The number of allylic oxidation sites excluding steroid dienone is 1. The van der Waals surface area contributed by atoms with E-state index in [0.29, 0.717) is 47.6 Å². The molecule has 0 saturated heterocycles. The van der Waals surface area contributed by atoms with Crippen LogP contribution in [0, 0.1) is 10.2 Å². The smallest absolute Gasteiger partial charge is 0.347 e. The Hall–Kier alpha value is -4.07. The van der Waals surface area contributed by atoms with Gasteiger partial charge in [-0.25, -0.2) is 4.79 Å². The zero-order valence-corrected chi connectivity index (χ0v) is 28.1. The van der Waals surface area contributed by atoms with Crippen LogP contribution in [0.25, 0.3) is 17.0 Å². The molecule has 2 aliphatic rings. The summed E-state index contributed by atoms with van der Waals surface area (Å²) in [5, 5.41) is 20.5. The average Bonchev–Trinajstić information content (AvgIpc) is 3.04. The third-order valence-corrected chi connectivity index (χ3v) is 9.35. The Bertz CT molecular complexity index is 1770. The highest BCUT2D eigenvalue weighted by Crippen LogP contribution is 2.43. The number of carboxylic acids is 1. The van der Waals surface area contributed by atoms with Gasteiger partial charge < -0.3 is 29.2 Å². The molecule has 258 valence electrons.